The number of hydrogen-bond donors (Lipinski definition) is 6. The van der Waals surface area contributed by atoms with E-state index in [0.29, 0.717) is 0 Å². The average molecular weight is 418 g/mol. The van der Waals surface area contributed by atoms with Gasteiger partial charge in [0, 0.05) is 29.0 Å². The summed E-state index contributed by atoms with van der Waals surface area (Å²) in [6, 6.07) is 0.897. The van der Waals surface area contributed by atoms with Crippen molar-refractivity contribution in [3.63, 3.8) is 0 Å². The molecule has 1 aromatic carbocycles. The molecule has 3 aliphatic carbocycles. The third-order valence-electron chi connectivity index (χ3n) is 6.51. The van der Waals surface area contributed by atoms with Crippen LogP contribution in [0.3, 0.4) is 0 Å². The van der Waals surface area contributed by atoms with E-state index in [1.165, 1.54) is 6.92 Å². The van der Waals surface area contributed by atoms with Gasteiger partial charge in [-0.25, -0.2) is 4.39 Å². The number of hydrogen-bond acceptors (Lipinski definition) is 8. The lowest BCUT2D eigenvalue weighted by atomic mass is 9.56. The SMILES string of the molecule is C[C@@H]1C(=O)C(C(N)=O)=C(O)[C@@]2(O)C(=O)C3=C(O)c4c(O)c(N)cc(F)c4C[C@H]3C[C@@H]12. The van der Waals surface area contributed by atoms with E-state index < -0.39 is 69.5 Å². The minimum absolute atomic E-state index is 0.0569. The van der Waals surface area contributed by atoms with Gasteiger partial charge in [0.15, 0.2) is 11.4 Å². The number of nitrogens with two attached hydrogens (primary N) is 2. The third kappa shape index (κ3) is 2.22. The van der Waals surface area contributed by atoms with Crippen LogP contribution >= 0.6 is 0 Å². The third-order valence-corrected chi connectivity index (χ3v) is 6.51. The number of carbonyl (C=O) groups is 3. The zero-order valence-electron chi connectivity index (χ0n) is 15.8. The number of aromatic hydroxyl groups is 1. The van der Waals surface area contributed by atoms with Gasteiger partial charge in [0.25, 0.3) is 5.91 Å². The summed E-state index contributed by atoms with van der Waals surface area (Å²) in [4.78, 5) is 37.5. The quantitative estimate of drug-likeness (QED) is 0.215. The number of rotatable bonds is 1. The number of halogens is 1. The van der Waals surface area contributed by atoms with E-state index in [1.54, 1.807) is 0 Å². The van der Waals surface area contributed by atoms with Crippen LogP contribution in [0.2, 0.25) is 0 Å². The molecule has 3 aliphatic rings. The van der Waals surface area contributed by atoms with Crippen LogP contribution in [-0.4, -0.2) is 43.5 Å². The standard InChI is InChI=1S/C20H19FN2O7/c1-5-8-3-6-2-7-9(21)4-10(22)15(25)12(7)16(26)11(6)17(27)20(8,30)18(28)13(14(5)24)19(23)29/h4-6,8,25-26,28,30H,2-3,22H2,1H3,(H2,23,29)/t5-,6-,8-,20-/m0/s1. The Bertz CT molecular complexity index is 1120. The van der Waals surface area contributed by atoms with E-state index in [9.17, 15) is 39.2 Å². The van der Waals surface area contributed by atoms with Gasteiger partial charge in [-0.15, -0.1) is 0 Å². The Labute approximate surface area is 169 Å². The first-order valence-electron chi connectivity index (χ1n) is 9.21. The maximum atomic E-state index is 14.5. The fourth-order valence-corrected chi connectivity index (χ4v) is 4.98. The molecule has 0 aromatic heterocycles. The summed E-state index contributed by atoms with van der Waals surface area (Å²) in [7, 11) is 0. The van der Waals surface area contributed by atoms with Crippen molar-refractivity contribution in [1.82, 2.24) is 0 Å². The lowest BCUT2D eigenvalue weighted by molar-refractivity contribution is -0.152. The largest absolute Gasteiger partial charge is 0.508 e. The number of ketones is 2. The van der Waals surface area contributed by atoms with Crippen LogP contribution in [0.25, 0.3) is 5.76 Å². The molecule has 158 valence electrons. The molecule has 0 bridgehead atoms. The predicted octanol–water partition coefficient (Wildman–Crippen LogP) is 0.391. The highest BCUT2D eigenvalue weighted by Gasteiger charge is 2.62. The van der Waals surface area contributed by atoms with Gasteiger partial charge in [-0.2, -0.15) is 0 Å². The number of nitrogen functional groups attached to an aromatic ring is 1. The number of primary amides is 1. The summed E-state index contributed by atoms with van der Waals surface area (Å²) in [6.07, 6.45) is -0.185. The molecule has 0 saturated heterocycles. The summed E-state index contributed by atoms with van der Waals surface area (Å²) < 4.78 is 14.5. The van der Waals surface area contributed by atoms with E-state index >= 15 is 0 Å². The molecule has 0 spiro atoms. The molecule has 4 atom stereocenters. The van der Waals surface area contributed by atoms with Crippen LogP contribution in [0, 0.1) is 23.6 Å². The maximum absolute atomic E-state index is 14.5. The number of benzene rings is 1. The van der Waals surface area contributed by atoms with E-state index in [1.807, 2.05) is 0 Å². The van der Waals surface area contributed by atoms with Crippen LogP contribution in [0.5, 0.6) is 5.75 Å². The van der Waals surface area contributed by atoms with Crippen molar-refractivity contribution in [2.45, 2.75) is 25.4 Å². The van der Waals surface area contributed by atoms with Crippen molar-refractivity contribution < 1.29 is 39.2 Å². The zero-order chi connectivity index (χ0) is 22.3. The summed E-state index contributed by atoms with van der Waals surface area (Å²) in [5.41, 5.74) is 6.04. The van der Waals surface area contributed by atoms with Crippen LogP contribution in [0.15, 0.2) is 23.0 Å². The van der Waals surface area contributed by atoms with E-state index in [4.69, 9.17) is 11.5 Å². The number of phenols is 1. The molecule has 1 aromatic rings. The Morgan fingerprint density at radius 3 is 2.50 bits per heavy atom. The van der Waals surface area contributed by atoms with Crippen molar-refractivity contribution in [3.8, 4) is 5.75 Å². The zero-order valence-corrected chi connectivity index (χ0v) is 15.8. The second-order valence-corrected chi connectivity index (χ2v) is 7.99. The number of Topliss-reactive ketones (excluding diaryl/α,β-unsaturated/α-hetero) is 2. The second-order valence-electron chi connectivity index (χ2n) is 7.99. The van der Waals surface area contributed by atoms with Gasteiger partial charge in [-0.05, 0) is 18.8 Å². The van der Waals surface area contributed by atoms with E-state index in [-0.39, 0.29) is 35.2 Å². The van der Waals surface area contributed by atoms with Crippen LogP contribution in [-0.2, 0) is 20.8 Å². The Balaban J connectivity index is 1.99. The first-order valence-corrected chi connectivity index (χ1v) is 9.21. The molecule has 1 saturated carbocycles. The summed E-state index contributed by atoms with van der Waals surface area (Å²) >= 11 is 0. The number of phenolic OH excluding ortho intramolecular Hbond substituents is 1. The Kier molecular flexibility index (Phi) is 4.01. The molecule has 4 rings (SSSR count). The number of anilines is 1. The molecule has 8 N–H and O–H groups in total. The highest BCUT2D eigenvalue weighted by atomic mass is 19.1. The number of fused-ring (bicyclic) bond motifs is 3. The lowest BCUT2D eigenvalue weighted by Crippen LogP contribution is -2.61. The average Bonchev–Trinajstić information content (AvgIpc) is 2.66. The summed E-state index contributed by atoms with van der Waals surface area (Å²) in [6.45, 7) is 1.39. The first kappa shape index (κ1) is 19.9. The fourth-order valence-electron chi connectivity index (χ4n) is 4.98. The van der Waals surface area contributed by atoms with Gasteiger partial charge in [-0.3, -0.25) is 14.4 Å². The molecule has 1 fully saturated rings. The molecule has 30 heavy (non-hydrogen) atoms. The normalized spacial score (nSPS) is 30.7. The van der Waals surface area contributed by atoms with Crippen LogP contribution in [0.4, 0.5) is 10.1 Å². The van der Waals surface area contributed by atoms with Crippen molar-refractivity contribution in [2.24, 2.45) is 23.5 Å². The lowest BCUT2D eigenvalue weighted by Gasteiger charge is -2.48. The number of aliphatic hydroxyl groups excluding tert-OH is 2. The minimum Gasteiger partial charge on any atom is -0.508 e. The van der Waals surface area contributed by atoms with Gasteiger partial charge in [0.1, 0.15) is 28.7 Å². The smallest absolute Gasteiger partial charge is 0.255 e. The molecular formula is C20H19FN2O7. The number of carbonyl (C=O) groups excluding carboxylic acids is 3. The van der Waals surface area contributed by atoms with Gasteiger partial charge in [0.05, 0.1) is 11.3 Å². The number of amides is 1. The van der Waals surface area contributed by atoms with E-state index in [2.05, 4.69) is 0 Å². The number of aliphatic hydroxyl groups is 3. The van der Waals surface area contributed by atoms with Crippen molar-refractivity contribution in [2.75, 3.05) is 5.73 Å². The molecule has 0 radical (unpaired) electrons. The van der Waals surface area contributed by atoms with Crippen LogP contribution in [0.1, 0.15) is 24.5 Å². The van der Waals surface area contributed by atoms with Crippen molar-refractivity contribution >= 4 is 28.9 Å². The van der Waals surface area contributed by atoms with Gasteiger partial charge >= 0.3 is 0 Å². The maximum Gasteiger partial charge on any atom is 0.255 e. The minimum atomic E-state index is -2.68. The van der Waals surface area contributed by atoms with E-state index in [0.717, 1.165) is 6.07 Å². The molecule has 0 unspecified atom stereocenters. The summed E-state index contributed by atoms with van der Waals surface area (Å²) in [5, 5.41) is 42.7. The molecule has 1 amide bonds. The topological polar surface area (TPSA) is 184 Å². The van der Waals surface area contributed by atoms with Gasteiger partial charge in [-0.1, -0.05) is 6.92 Å². The Hall–Kier alpha value is -3.40. The van der Waals surface area contributed by atoms with Crippen LogP contribution < -0.4 is 11.5 Å². The highest BCUT2D eigenvalue weighted by molar-refractivity contribution is 6.23. The Morgan fingerprint density at radius 1 is 1.27 bits per heavy atom. The Morgan fingerprint density at radius 2 is 1.90 bits per heavy atom. The first-order chi connectivity index (χ1) is 13.9. The molecule has 0 aliphatic heterocycles. The van der Waals surface area contributed by atoms with Crippen molar-refractivity contribution in [3.05, 3.63) is 39.9 Å². The fraction of sp³-hybridized carbons (Fsp3) is 0.350. The summed E-state index contributed by atoms with van der Waals surface area (Å²) in [5.74, 6) is -9.59. The van der Waals surface area contributed by atoms with Crippen molar-refractivity contribution in [1.29, 1.82) is 0 Å². The molecule has 0 heterocycles. The van der Waals surface area contributed by atoms with Gasteiger partial charge in [0.2, 0.25) is 5.78 Å². The highest BCUT2D eigenvalue weighted by Crippen LogP contribution is 2.53. The molecular weight excluding hydrogens is 399 g/mol. The second kappa shape index (κ2) is 6.05. The monoisotopic (exact) mass is 418 g/mol. The molecule has 10 heteroatoms. The predicted molar refractivity (Wildman–Crippen MR) is 100 cm³/mol. The molecule has 9 nitrogen and oxygen atoms in total. The van der Waals surface area contributed by atoms with Gasteiger partial charge < -0.3 is 31.9 Å².